The summed E-state index contributed by atoms with van der Waals surface area (Å²) < 4.78 is 5.06. The Kier molecular flexibility index (Phi) is 6.83. The highest BCUT2D eigenvalue weighted by Crippen LogP contribution is 2.36. The van der Waals surface area contributed by atoms with Crippen LogP contribution in [0.15, 0.2) is 42.5 Å². The summed E-state index contributed by atoms with van der Waals surface area (Å²) in [6, 6.07) is 12.2. The van der Waals surface area contributed by atoms with E-state index in [4.69, 9.17) is 4.74 Å². The van der Waals surface area contributed by atoms with E-state index >= 15 is 0 Å². The Hall–Kier alpha value is -3.21. The molecule has 3 rings (SSSR count). The predicted octanol–water partition coefficient (Wildman–Crippen LogP) is 1.63. The van der Waals surface area contributed by atoms with E-state index in [2.05, 4.69) is 10.6 Å². The maximum atomic E-state index is 12.1. The summed E-state index contributed by atoms with van der Waals surface area (Å²) in [5, 5.41) is 36.6. The molecule has 1 aliphatic rings. The van der Waals surface area contributed by atoms with Gasteiger partial charge in [-0.15, -0.1) is 0 Å². The van der Waals surface area contributed by atoms with Crippen LogP contribution in [0, 0.1) is 10.1 Å². The Balaban J connectivity index is 1.93. The summed E-state index contributed by atoms with van der Waals surface area (Å²) in [6.07, 6.45) is -2.60. The van der Waals surface area contributed by atoms with Gasteiger partial charge in [-0.05, 0) is 18.1 Å². The molecule has 0 amide bonds. The van der Waals surface area contributed by atoms with Crippen LogP contribution in [0.2, 0.25) is 0 Å². The first kappa shape index (κ1) is 21.5. The molecule has 0 spiro atoms. The third kappa shape index (κ3) is 5.23. The molecule has 2 unspecified atom stereocenters. The van der Waals surface area contributed by atoms with Gasteiger partial charge >= 0.3 is 5.97 Å². The van der Waals surface area contributed by atoms with E-state index in [1.165, 1.54) is 12.1 Å². The Morgan fingerprint density at radius 3 is 2.53 bits per heavy atom. The number of rotatable bonds is 8. The van der Waals surface area contributed by atoms with Gasteiger partial charge in [0.05, 0.1) is 29.4 Å². The number of carbonyl (C=O) groups is 1. The van der Waals surface area contributed by atoms with Crippen LogP contribution >= 0.6 is 0 Å². The Labute approximate surface area is 173 Å². The lowest BCUT2D eigenvalue weighted by molar-refractivity contribution is -0.384. The number of hydrogen-bond donors (Lipinski definition) is 4. The Morgan fingerprint density at radius 1 is 1.17 bits per heavy atom. The first-order valence-electron chi connectivity index (χ1n) is 9.49. The van der Waals surface area contributed by atoms with Crippen LogP contribution in [-0.4, -0.2) is 51.6 Å². The van der Waals surface area contributed by atoms with Crippen LogP contribution in [0.3, 0.4) is 0 Å². The van der Waals surface area contributed by atoms with Crippen molar-refractivity contribution in [1.82, 2.24) is 4.90 Å². The standard InChI is InChI=1S/C20H24N4O6/c1-2-30-17(25)12-23(10-13-6-4-3-5-7-13)11-14-8-15(24(28)29)9-16-18(14)22-20(27)19(26)21-16/h3-9,19-22,26-27H,2,10-12H2,1H3. The summed E-state index contributed by atoms with van der Waals surface area (Å²) in [7, 11) is 0. The lowest BCUT2D eigenvalue weighted by Crippen LogP contribution is -2.43. The number of aliphatic hydroxyl groups is 2. The summed E-state index contributed by atoms with van der Waals surface area (Å²) in [5.74, 6) is -0.408. The average molecular weight is 416 g/mol. The van der Waals surface area contributed by atoms with Gasteiger partial charge in [0.1, 0.15) is 0 Å². The van der Waals surface area contributed by atoms with Crippen molar-refractivity contribution < 1.29 is 24.7 Å². The highest BCUT2D eigenvalue weighted by atomic mass is 16.6. The molecule has 0 saturated carbocycles. The number of carbonyl (C=O) groups excluding carboxylic acids is 1. The van der Waals surface area contributed by atoms with Crippen LogP contribution in [0.5, 0.6) is 0 Å². The van der Waals surface area contributed by atoms with E-state index in [0.717, 1.165) is 5.56 Å². The van der Waals surface area contributed by atoms with Crippen molar-refractivity contribution in [3.05, 3.63) is 63.7 Å². The summed E-state index contributed by atoms with van der Waals surface area (Å²) >= 11 is 0. The van der Waals surface area contributed by atoms with Crippen LogP contribution in [0.25, 0.3) is 0 Å². The highest BCUT2D eigenvalue weighted by molar-refractivity contribution is 5.78. The maximum Gasteiger partial charge on any atom is 0.320 e. The topological polar surface area (TPSA) is 137 Å². The molecule has 2 aromatic rings. The minimum Gasteiger partial charge on any atom is -0.465 e. The molecular weight excluding hydrogens is 392 g/mol. The Bertz CT molecular complexity index is 908. The van der Waals surface area contributed by atoms with E-state index in [1.807, 2.05) is 30.3 Å². The molecule has 0 aromatic heterocycles. The fourth-order valence-electron chi connectivity index (χ4n) is 3.30. The van der Waals surface area contributed by atoms with E-state index in [1.54, 1.807) is 11.8 Å². The van der Waals surface area contributed by atoms with Gasteiger partial charge in [0.25, 0.3) is 5.69 Å². The normalized spacial score (nSPS) is 17.6. The molecule has 0 bridgehead atoms. The first-order chi connectivity index (χ1) is 14.4. The number of hydrogen-bond acceptors (Lipinski definition) is 9. The van der Waals surface area contributed by atoms with E-state index in [0.29, 0.717) is 23.5 Å². The zero-order valence-corrected chi connectivity index (χ0v) is 16.4. The van der Waals surface area contributed by atoms with Crippen molar-refractivity contribution in [2.24, 2.45) is 0 Å². The number of nitro groups is 1. The number of benzene rings is 2. The van der Waals surface area contributed by atoms with Crippen molar-refractivity contribution in [2.45, 2.75) is 32.5 Å². The summed E-state index contributed by atoms with van der Waals surface area (Å²) in [5.41, 5.74) is 2.02. The largest absolute Gasteiger partial charge is 0.465 e. The highest BCUT2D eigenvalue weighted by Gasteiger charge is 2.29. The number of aliphatic hydroxyl groups excluding tert-OH is 2. The molecular formula is C20H24N4O6. The SMILES string of the molecule is CCOC(=O)CN(Cc1ccccc1)Cc1cc([N+](=O)[O-])cc2c1NC(O)C(O)N2. The van der Waals surface area contributed by atoms with E-state index in [-0.39, 0.29) is 25.4 Å². The molecule has 2 atom stereocenters. The van der Waals surface area contributed by atoms with Crippen molar-refractivity contribution in [3.8, 4) is 0 Å². The number of non-ortho nitro benzene ring substituents is 1. The Morgan fingerprint density at radius 2 is 1.87 bits per heavy atom. The van der Waals surface area contributed by atoms with Gasteiger partial charge in [0, 0.05) is 25.2 Å². The van der Waals surface area contributed by atoms with Crippen LogP contribution in [-0.2, 0) is 22.6 Å². The molecule has 10 heteroatoms. The number of anilines is 2. The van der Waals surface area contributed by atoms with Crippen LogP contribution < -0.4 is 10.6 Å². The lowest BCUT2D eigenvalue weighted by Gasteiger charge is -2.32. The lowest BCUT2D eigenvalue weighted by atomic mass is 10.1. The van der Waals surface area contributed by atoms with Gasteiger partial charge in [-0.1, -0.05) is 30.3 Å². The second-order valence-electron chi connectivity index (χ2n) is 6.90. The summed E-state index contributed by atoms with van der Waals surface area (Å²) in [6.45, 7) is 2.54. The fourth-order valence-corrected chi connectivity index (χ4v) is 3.30. The van der Waals surface area contributed by atoms with Gasteiger partial charge in [0.2, 0.25) is 0 Å². The van der Waals surface area contributed by atoms with Crippen LogP contribution in [0.1, 0.15) is 18.1 Å². The molecule has 0 radical (unpaired) electrons. The number of nitrogens with zero attached hydrogens (tertiary/aromatic N) is 2. The predicted molar refractivity (Wildman–Crippen MR) is 110 cm³/mol. The minimum atomic E-state index is -1.31. The molecule has 1 aliphatic heterocycles. The van der Waals surface area contributed by atoms with Crippen molar-refractivity contribution >= 4 is 23.0 Å². The van der Waals surface area contributed by atoms with Gasteiger partial charge in [-0.25, -0.2) is 0 Å². The van der Waals surface area contributed by atoms with Crippen molar-refractivity contribution in [2.75, 3.05) is 23.8 Å². The second-order valence-corrected chi connectivity index (χ2v) is 6.90. The zero-order chi connectivity index (χ0) is 21.7. The molecule has 10 nitrogen and oxygen atoms in total. The molecule has 0 saturated heterocycles. The fraction of sp³-hybridized carbons (Fsp3) is 0.350. The maximum absolute atomic E-state index is 12.1. The van der Waals surface area contributed by atoms with E-state index < -0.39 is 23.3 Å². The van der Waals surface area contributed by atoms with Gasteiger partial charge in [0.15, 0.2) is 12.5 Å². The third-order valence-electron chi connectivity index (χ3n) is 4.61. The molecule has 1 heterocycles. The number of esters is 1. The number of nitrogens with one attached hydrogen (secondary N) is 2. The minimum absolute atomic E-state index is 0.0151. The van der Waals surface area contributed by atoms with Gasteiger partial charge in [-0.3, -0.25) is 19.8 Å². The summed E-state index contributed by atoms with van der Waals surface area (Å²) in [4.78, 5) is 24.8. The number of nitro benzene ring substituents is 1. The third-order valence-corrected chi connectivity index (χ3v) is 4.61. The van der Waals surface area contributed by atoms with Gasteiger partial charge in [-0.2, -0.15) is 0 Å². The molecule has 2 aromatic carbocycles. The van der Waals surface area contributed by atoms with E-state index in [9.17, 15) is 25.1 Å². The molecule has 160 valence electrons. The molecule has 0 aliphatic carbocycles. The molecule has 0 fully saturated rings. The quantitative estimate of drug-likeness (QED) is 0.287. The van der Waals surface area contributed by atoms with Crippen LogP contribution in [0.4, 0.5) is 17.1 Å². The number of ether oxygens (including phenoxy) is 1. The number of fused-ring (bicyclic) bond motifs is 1. The monoisotopic (exact) mass is 416 g/mol. The first-order valence-corrected chi connectivity index (χ1v) is 9.49. The average Bonchev–Trinajstić information content (AvgIpc) is 2.70. The second kappa shape index (κ2) is 9.53. The van der Waals surface area contributed by atoms with Crippen molar-refractivity contribution in [3.63, 3.8) is 0 Å². The zero-order valence-electron chi connectivity index (χ0n) is 16.4. The van der Waals surface area contributed by atoms with Crippen molar-refractivity contribution in [1.29, 1.82) is 0 Å². The smallest absolute Gasteiger partial charge is 0.320 e. The molecule has 4 N–H and O–H groups in total. The van der Waals surface area contributed by atoms with Gasteiger partial charge < -0.3 is 25.6 Å². The molecule has 30 heavy (non-hydrogen) atoms.